The van der Waals surface area contributed by atoms with Crippen LogP contribution in [0.25, 0.3) is 0 Å². The highest BCUT2D eigenvalue weighted by atomic mass is 19.1. The summed E-state index contributed by atoms with van der Waals surface area (Å²) in [7, 11) is 0. The lowest BCUT2D eigenvalue weighted by Gasteiger charge is -2.38. The Labute approximate surface area is 190 Å². The maximum Gasteiger partial charge on any atom is 0.229 e. The maximum atomic E-state index is 14.5. The third-order valence-corrected chi connectivity index (χ3v) is 8.64. The SMILES string of the molecule is CC1(F)CC(C=C[C@@H]2C[C@H]3CCC[C@@]3(C(=O)N3CCc4ncc(C(C)(C)F)cc4C3)C2)C1. The van der Waals surface area contributed by atoms with Gasteiger partial charge in [0.05, 0.1) is 5.41 Å². The van der Waals surface area contributed by atoms with E-state index in [1.54, 1.807) is 27.0 Å². The van der Waals surface area contributed by atoms with Crippen molar-refractivity contribution in [1.82, 2.24) is 9.88 Å². The first-order chi connectivity index (χ1) is 15.1. The second-order valence-corrected chi connectivity index (χ2v) is 11.7. The molecule has 174 valence electrons. The van der Waals surface area contributed by atoms with Gasteiger partial charge in [0.2, 0.25) is 5.91 Å². The molecule has 1 aliphatic heterocycles. The van der Waals surface area contributed by atoms with Gasteiger partial charge in [-0.3, -0.25) is 9.78 Å². The number of allylic oxidation sites excluding steroid dienone is 2. The van der Waals surface area contributed by atoms with E-state index >= 15 is 0 Å². The molecule has 0 radical (unpaired) electrons. The molecule has 5 heteroatoms. The molecule has 3 fully saturated rings. The lowest BCUT2D eigenvalue weighted by molar-refractivity contribution is -0.144. The molecular weight excluding hydrogens is 406 g/mol. The van der Waals surface area contributed by atoms with Gasteiger partial charge in [-0.2, -0.15) is 0 Å². The van der Waals surface area contributed by atoms with E-state index < -0.39 is 11.3 Å². The molecule has 0 aromatic carbocycles. The van der Waals surface area contributed by atoms with E-state index in [0.29, 0.717) is 55.2 Å². The van der Waals surface area contributed by atoms with Crippen LogP contribution >= 0.6 is 0 Å². The van der Waals surface area contributed by atoms with Gasteiger partial charge in [-0.05, 0) is 88.7 Å². The van der Waals surface area contributed by atoms with Crippen molar-refractivity contribution in [2.45, 2.75) is 90.0 Å². The number of carbonyl (C=O) groups excluding carboxylic acids is 1. The van der Waals surface area contributed by atoms with Crippen molar-refractivity contribution in [3.8, 4) is 0 Å². The minimum Gasteiger partial charge on any atom is -0.337 e. The minimum absolute atomic E-state index is 0.245. The smallest absolute Gasteiger partial charge is 0.229 e. The molecule has 4 aliphatic rings. The summed E-state index contributed by atoms with van der Waals surface area (Å²) in [6, 6.07) is 1.91. The second kappa shape index (κ2) is 7.63. The molecular formula is C27H36F2N2O. The van der Waals surface area contributed by atoms with Crippen molar-refractivity contribution in [3.63, 3.8) is 0 Å². The van der Waals surface area contributed by atoms with Crippen molar-refractivity contribution in [3.05, 3.63) is 41.2 Å². The first-order valence-electron chi connectivity index (χ1n) is 12.4. The summed E-state index contributed by atoms with van der Waals surface area (Å²) < 4.78 is 28.3. The Morgan fingerprint density at radius 2 is 2.00 bits per heavy atom. The van der Waals surface area contributed by atoms with Crippen molar-refractivity contribution in [2.75, 3.05) is 6.54 Å². The van der Waals surface area contributed by atoms with Gasteiger partial charge >= 0.3 is 0 Å². The van der Waals surface area contributed by atoms with Gasteiger partial charge in [-0.15, -0.1) is 0 Å². The molecule has 0 N–H and O–H groups in total. The van der Waals surface area contributed by atoms with Crippen LogP contribution in [0.5, 0.6) is 0 Å². The number of amides is 1. The molecule has 3 atom stereocenters. The third kappa shape index (κ3) is 3.90. The van der Waals surface area contributed by atoms with E-state index in [2.05, 4.69) is 17.1 Å². The van der Waals surface area contributed by atoms with Crippen LogP contribution in [0.2, 0.25) is 0 Å². The summed E-state index contributed by atoms with van der Waals surface area (Å²) in [6.07, 6.45) is 13.4. The van der Waals surface area contributed by atoms with Crippen LogP contribution < -0.4 is 0 Å². The molecule has 3 saturated carbocycles. The number of pyridine rings is 1. The van der Waals surface area contributed by atoms with Gasteiger partial charge in [0.1, 0.15) is 11.3 Å². The van der Waals surface area contributed by atoms with Crippen LogP contribution in [-0.2, 0) is 23.4 Å². The molecule has 0 unspecified atom stereocenters. The predicted octanol–water partition coefficient (Wildman–Crippen LogP) is 6.06. The summed E-state index contributed by atoms with van der Waals surface area (Å²) >= 11 is 0. The zero-order chi connectivity index (χ0) is 22.7. The van der Waals surface area contributed by atoms with Crippen LogP contribution in [0.4, 0.5) is 8.78 Å². The van der Waals surface area contributed by atoms with Gasteiger partial charge in [-0.25, -0.2) is 8.78 Å². The van der Waals surface area contributed by atoms with E-state index in [0.717, 1.165) is 49.8 Å². The van der Waals surface area contributed by atoms with Crippen molar-refractivity contribution < 1.29 is 13.6 Å². The van der Waals surface area contributed by atoms with Crippen LogP contribution in [0.3, 0.4) is 0 Å². The van der Waals surface area contributed by atoms with E-state index in [4.69, 9.17) is 0 Å². The van der Waals surface area contributed by atoms with Crippen molar-refractivity contribution in [2.24, 2.45) is 23.2 Å². The molecule has 1 amide bonds. The Bertz CT molecular complexity index is 926. The zero-order valence-corrected chi connectivity index (χ0v) is 19.7. The quantitative estimate of drug-likeness (QED) is 0.531. The molecule has 1 aromatic rings. The number of halogens is 2. The van der Waals surface area contributed by atoms with E-state index in [1.165, 1.54) is 0 Å². The Morgan fingerprint density at radius 3 is 2.72 bits per heavy atom. The molecule has 2 heterocycles. The predicted molar refractivity (Wildman–Crippen MR) is 121 cm³/mol. The lowest BCUT2D eigenvalue weighted by atomic mass is 9.73. The van der Waals surface area contributed by atoms with Crippen LogP contribution in [0.1, 0.15) is 82.5 Å². The number of carbonyl (C=O) groups is 1. The summed E-state index contributed by atoms with van der Waals surface area (Å²) in [5, 5.41) is 0. The Balaban J connectivity index is 1.30. The van der Waals surface area contributed by atoms with Crippen LogP contribution in [0, 0.1) is 23.2 Å². The largest absolute Gasteiger partial charge is 0.337 e. The molecule has 3 nitrogen and oxygen atoms in total. The fraction of sp³-hybridized carbons (Fsp3) is 0.704. The fourth-order valence-corrected chi connectivity index (χ4v) is 6.91. The van der Waals surface area contributed by atoms with Gasteiger partial charge in [0, 0.05) is 37.0 Å². The third-order valence-electron chi connectivity index (χ3n) is 8.64. The highest BCUT2D eigenvalue weighted by Gasteiger charge is 2.55. The Morgan fingerprint density at radius 1 is 1.25 bits per heavy atom. The highest BCUT2D eigenvalue weighted by Crippen LogP contribution is 2.58. The molecule has 1 aromatic heterocycles. The Hall–Kier alpha value is -1.78. The van der Waals surface area contributed by atoms with Gasteiger partial charge in [0.25, 0.3) is 0 Å². The first kappa shape index (κ1) is 22.0. The van der Waals surface area contributed by atoms with E-state index in [1.807, 2.05) is 11.0 Å². The topological polar surface area (TPSA) is 33.2 Å². The van der Waals surface area contributed by atoms with Crippen molar-refractivity contribution in [1.29, 1.82) is 0 Å². The standard InChI is InChI=1S/C27H36F2N2O/c1-25(2,28)22-12-20-17-31(10-8-23(20)30-16-22)24(32)27-9-4-5-21(27)11-18(15-27)6-7-19-13-26(3,29)14-19/h6-7,12,16,18-19,21H,4-5,8-11,13-15,17H2,1-3H3/t18-,19?,21-,26?,27-/m1/s1. The number of fused-ring (bicyclic) bond motifs is 2. The minimum atomic E-state index is -1.44. The maximum absolute atomic E-state index is 14.5. The molecule has 5 rings (SSSR count). The number of hydrogen-bond donors (Lipinski definition) is 0. The van der Waals surface area contributed by atoms with Gasteiger partial charge in [-0.1, -0.05) is 18.6 Å². The van der Waals surface area contributed by atoms with E-state index in [9.17, 15) is 13.6 Å². The molecule has 32 heavy (non-hydrogen) atoms. The van der Waals surface area contributed by atoms with Crippen LogP contribution in [-0.4, -0.2) is 28.0 Å². The normalized spacial score (nSPS) is 36.8. The first-order valence-corrected chi connectivity index (χ1v) is 12.4. The Kier molecular flexibility index (Phi) is 5.25. The monoisotopic (exact) mass is 442 g/mol. The number of rotatable bonds is 4. The average molecular weight is 443 g/mol. The summed E-state index contributed by atoms with van der Waals surface area (Å²) in [4.78, 5) is 20.4. The molecule has 3 aliphatic carbocycles. The van der Waals surface area contributed by atoms with Gasteiger partial charge in [0.15, 0.2) is 0 Å². The van der Waals surface area contributed by atoms with E-state index in [-0.39, 0.29) is 5.41 Å². The van der Waals surface area contributed by atoms with Crippen molar-refractivity contribution >= 4 is 5.91 Å². The number of hydrogen-bond acceptors (Lipinski definition) is 2. The summed E-state index contributed by atoms with van der Waals surface area (Å²) in [6.45, 7) is 6.03. The van der Waals surface area contributed by atoms with Crippen LogP contribution in [0.15, 0.2) is 24.4 Å². The number of alkyl halides is 2. The zero-order valence-electron chi connectivity index (χ0n) is 19.7. The molecule has 0 saturated heterocycles. The number of nitrogens with zero attached hydrogens (tertiary/aromatic N) is 2. The average Bonchev–Trinajstić information content (AvgIpc) is 3.26. The molecule has 0 bridgehead atoms. The second-order valence-electron chi connectivity index (χ2n) is 11.7. The highest BCUT2D eigenvalue weighted by molar-refractivity contribution is 5.84. The van der Waals surface area contributed by atoms with Gasteiger partial charge < -0.3 is 4.90 Å². The summed E-state index contributed by atoms with van der Waals surface area (Å²) in [5.41, 5.74) is -0.106. The summed E-state index contributed by atoms with van der Waals surface area (Å²) in [5.74, 6) is 1.53. The lowest BCUT2D eigenvalue weighted by Crippen LogP contribution is -2.46. The number of aromatic nitrogens is 1. The fourth-order valence-electron chi connectivity index (χ4n) is 6.91. The molecule has 0 spiro atoms.